The number of hydrogen-bond donors (Lipinski definition) is 1. The molecule has 0 heterocycles. The Kier molecular flexibility index (Phi) is 8.49. The molecule has 0 aliphatic carbocycles. The lowest BCUT2D eigenvalue weighted by Crippen LogP contribution is -2.22. The predicted octanol–water partition coefficient (Wildman–Crippen LogP) is 5.35. The van der Waals surface area contributed by atoms with Crippen molar-refractivity contribution < 1.29 is 4.79 Å². The number of nitrogens with one attached hydrogen (secondary N) is 1. The van der Waals surface area contributed by atoms with Crippen LogP contribution in [-0.2, 0) is 11.2 Å². The lowest BCUT2D eigenvalue weighted by molar-refractivity contribution is -0.120. The van der Waals surface area contributed by atoms with Gasteiger partial charge in [0.05, 0.1) is 0 Å². The van der Waals surface area contributed by atoms with Crippen molar-refractivity contribution in [2.24, 2.45) is 5.92 Å². The first-order valence-corrected chi connectivity index (χ1v) is 8.22. The molecule has 0 fully saturated rings. The zero-order chi connectivity index (χ0) is 15.5. The van der Waals surface area contributed by atoms with Crippen molar-refractivity contribution in [3.63, 3.8) is 0 Å². The second-order valence-electron chi connectivity index (χ2n) is 5.50. The maximum atomic E-state index is 12.3. The Hall–Kier alpha value is -1.57. The van der Waals surface area contributed by atoms with Crippen LogP contribution in [0.4, 0.5) is 5.69 Å². The Morgan fingerprint density at radius 3 is 2.48 bits per heavy atom. The Morgan fingerprint density at radius 1 is 1.19 bits per heavy atom. The van der Waals surface area contributed by atoms with E-state index in [9.17, 15) is 4.79 Å². The third-order valence-corrected chi connectivity index (χ3v) is 3.90. The van der Waals surface area contributed by atoms with Crippen LogP contribution in [0.25, 0.3) is 0 Å². The average molecular weight is 287 g/mol. The molecule has 0 aliphatic heterocycles. The molecular weight excluding hydrogens is 258 g/mol. The van der Waals surface area contributed by atoms with E-state index in [0.717, 1.165) is 37.8 Å². The molecule has 116 valence electrons. The Balaban J connectivity index is 2.42. The summed E-state index contributed by atoms with van der Waals surface area (Å²) in [6.07, 6.45) is 10.6. The number of rotatable bonds is 9. The van der Waals surface area contributed by atoms with Gasteiger partial charge >= 0.3 is 0 Å². The first-order valence-electron chi connectivity index (χ1n) is 8.22. The van der Waals surface area contributed by atoms with Crippen LogP contribution in [0.3, 0.4) is 0 Å². The molecular formula is C19H29NO. The molecule has 1 amide bonds. The van der Waals surface area contributed by atoms with Crippen molar-refractivity contribution in [3.8, 4) is 0 Å². The zero-order valence-electron chi connectivity index (χ0n) is 13.7. The predicted molar refractivity (Wildman–Crippen MR) is 91.5 cm³/mol. The second-order valence-corrected chi connectivity index (χ2v) is 5.50. The zero-order valence-corrected chi connectivity index (χ0v) is 13.7. The summed E-state index contributed by atoms with van der Waals surface area (Å²) >= 11 is 0. The number of carbonyl (C=O) groups excluding carboxylic acids is 1. The minimum Gasteiger partial charge on any atom is -0.326 e. The van der Waals surface area contributed by atoms with Crippen LogP contribution in [0.1, 0.15) is 58.4 Å². The molecule has 0 spiro atoms. The normalized spacial score (nSPS) is 12.5. The standard InChI is InChI=1S/C19H29NO/c1-4-7-8-9-10-11-17(6-3)19(21)20-18-14-12-16(5-2)13-15-18/h4,7,12-15,17H,5-6,8-11H2,1-3H3,(H,20,21)/b7-4+. The number of unbranched alkanes of at least 4 members (excludes halogenated alkanes) is 2. The molecule has 0 saturated carbocycles. The molecule has 1 aromatic carbocycles. The number of allylic oxidation sites excluding steroid dienone is 2. The molecule has 1 unspecified atom stereocenters. The summed E-state index contributed by atoms with van der Waals surface area (Å²) in [5.74, 6) is 0.286. The van der Waals surface area contributed by atoms with Crippen molar-refractivity contribution >= 4 is 11.6 Å². The number of anilines is 1. The van der Waals surface area contributed by atoms with Gasteiger partial charge in [-0.25, -0.2) is 0 Å². The van der Waals surface area contributed by atoms with Gasteiger partial charge in [0.25, 0.3) is 0 Å². The maximum Gasteiger partial charge on any atom is 0.227 e. The highest BCUT2D eigenvalue weighted by molar-refractivity contribution is 5.92. The van der Waals surface area contributed by atoms with Crippen molar-refractivity contribution in [1.29, 1.82) is 0 Å². The van der Waals surface area contributed by atoms with Crippen molar-refractivity contribution in [1.82, 2.24) is 0 Å². The smallest absolute Gasteiger partial charge is 0.227 e. The number of carbonyl (C=O) groups is 1. The van der Waals surface area contributed by atoms with Crippen molar-refractivity contribution in [3.05, 3.63) is 42.0 Å². The van der Waals surface area contributed by atoms with Crippen LogP contribution < -0.4 is 5.32 Å². The lowest BCUT2D eigenvalue weighted by atomic mass is 9.97. The molecule has 21 heavy (non-hydrogen) atoms. The van der Waals surface area contributed by atoms with Crippen LogP contribution in [0.5, 0.6) is 0 Å². The number of hydrogen-bond acceptors (Lipinski definition) is 1. The van der Waals surface area contributed by atoms with Gasteiger partial charge < -0.3 is 5.32 Å². The summed E-state index contributed by atoms with van der Waals surface area (Å²) in [5.41, 5.74) is 2.20. The molecule has 1 rings (SSSR count). The molecule has 0 saturated heterocycles. The highest BCUT2D eigenvalue weighted by Gasteiger charge is 2.15. The molecule has 1 aromatic rings. The first-order chi connectivity index (χ1) is 10.2. The second kappa shape index (κ2) is 10.2. The molecule has 0 aromatic heterocycles. The molecule has 1 atom stereocenters. The molecule has 0 aliphatic rings. The number of amides is 1. The minimum atomic E-state index is 0.126. The third-order valence-electron chi connectivity index (χ3n) is 3.90. The molecule has 2 nitrogen and oxygen atoms in total. The Bertz CT molecular complexity index is 433. The van der Waals surface area contributed by atoms with Gasteiger partial charge in [-0.3, -0.25) is 4.79 Å². The van der Waals surface area contributed by atoms with E-state index in [0.29, 0.717) is 0 Å². The summed E-state index contributed by atoms with van der Waals surface area (Å²) in [7, 11) is 0. The quantitative estimate of drug-likeness (QED) is 0.481. The van der Waals surface area contributed by atoms with Gasteiger partial charge in [0.15, 0.2) is 0 Å². The van der Waals surface area contributed by atoms with Gasteiger partial charge in [0, 0.05) is 11.6 Å². The molecule has 2 heteroatoms. The Morgan fingerprint density at radius 2 is 1.90 bits per heavy atom. The van der Waals surface area contributed by atoms with Crippen LogP contribution in [0.15, 0.2) is 36.4 Å². The van der Waals surface area contributed by atoms with E-state index in [-0.39, 0.29) is 11.8 Å². The summed E-state index contributed by atoms with van der Waals surface area (Å²) < 4.78 is 0. The summed E-state index contributed by atoms with van der Waals surface area (Å²) in [4.78, 5) is 12.3. The number of aryl methyl sites for hydroxylation is 1. The SMILES string of the molecule is C/C=C/CCCCC(CC)C(=O)Nc1ccc(CC)cc1. The molecule has 0 bridgehead atoms. The van der Waals surface area contributed by atoms with Crippen molar-refractivity contribution in [2.75, 3.05) is 5.32 Å². The monoisotopic (exact) mass is 287 g/mol. The summed E-state index contributed by atoms with van der Waals surface area (Å²) in [6.45, 7) is 6.27. The minimum absolute atomic E-state index is 0.126. The highest BCUT2D eigenvalue weighted by Crippen LogP contribution is 2.17. The largest absolute Gasteiger partial charge is 0.326 e. The van der Waals surface area contributed by atoms with Crippen molar-refractivity contribution in [2.45, 2.75) is 59.3 Å². The van der Waals surface area contributed by atoms with Gasteiger partial charge in [0.2, 0.25) is 5.91 Å². The van der Waals surface area contributed by atoms with E-state index in [1.54, 1.807) is 0 Å². The van der Waals surface area contributed by atoms with E-state index in [2.05, 4.69) is 43.4 Å². The van der Waals surface area contributed by atoms with Gasteiger partial charge in [0.1, 0.15) is 0 Å². The lowest BCUT2D eigenvalue weighted by Gasteiger charge is -2.15. The average Bonchev–Trinajstić information content (AvgIpc) is 2.51. The number of benzene rings is 1. The van der Waals surface area contributed by atoms with Crippen LogP contribution in [0, 0.1) is 5.92 Å². The molecule has 1 N–H and O–H groups in total. The molecule has 0 radical (unpaired) electrons. The van der Waals surface area contributed by atoms with E-state index in [4.69, 9.17) is 0 Å². The van der Waals surface area contributed by atoms with E-state index in [1.807, 2.05) is 19.1 Å². The van der Waals surface area contributed by atoms with E-state index >= 15 is 0 Å². The third kappa shape index (κ3) is 6.61. The van der Waals surface area contributed by atoms with Gasteiger partial charge in [-0.05, 0) is 56.7 Å². The summed E-state index contributed by atoms with van der Waals surface area (Å²) in [6, 6.07) is 8.15. The Labute approximate surface area is 129 Å². The van der Waals surface area contributed by atoms with Crippen LogP contribution in [-0.4, -0.2) is 5.91 Å². The van der Waals surface area contributed by atoms with Gasteiger partial charge in [-0.2, -0.15) is 0 Å². The van der Waals surface area contributed by atoms with Gasteiger partial charge in [-0.15, -0.1) is 0 Å². The highest BCUT2D eigenvalue weighted by atomic mass is 16.1. The van der Waals surface area contributed by atoms with Crippen LogP contribution in [0.2, 0.25) is 0 Å². The summed E-state index contributed by atoms with van der Waals surface area (Å²) in [5, 5.41) is 3.04. The van der Waals surface area contributed by atoms with E-state index < -0.39 is 0 Å². The van der Waals surface area contributed by atoms with E-state index in [1.165, 1.54) is 12.0 Å². The fraction of sp³-hybridized carbons (Fsp3) is 0.526. The maximum absolute atomic E-state index is 12.3. The topological polar surface area (TPSA) is 29.1 Å². The van der Waals surface area contributed by atoms with Gasteiger partial charge in [-0.1, -0.05) is 44.6 Å². The first kappa shape index (κ1) is 17.5. The van der Waals surface area contributed by atoms with Crippen LogP contribution >= 0.6 is 0 Å². The fourth-order valence-corrected chi connectivity index (χ4v) is 2.41. The fourth-order valence-electron chi connectivity index (χ4n) is 2.41.